The summed E-state index contributed by atoms with van der Waals surface area (Å²) in [6.45, 7) is 4.10. The van der Waals surface area contributed by atoms with Gasteiger partial charge in [-0.1, -0.05) is 6.92 Å². The third-order valence-electron chi connectivity index (χ3n) is 1.95. The van der Waals surface area contributed by atoms with Crippen LogP contribution >= 0.6 is 11.6 Å². The highest BCUT2D eigenvalue weighted by Crippen LogP contribution is 2.02. The summed E-state index contributed by atoms with van der Waals surface area (Å²) in [5, 5.41) is 0. The van der Waals surface area contributed by atoms with Gasteiger partial charge in [0.25, 0.3) is 0 Å². The molecule has 0 aromatic heterocycles. The smallest absolute Gasteiger partial charge is 0.223 e. The second kappa shape index (κ2) is 5.42. The van der Waals surface area contributed by atoms with Gasteiger partial charge < -0.3 is 4.90 Å². The first kappa shape index (κ1) is 10.8. The number of amides is 1. The number of halogens is 1. The van der Waals surface area contributed by atoms with E-state index in [1.807, 2.05) is 14.0 Å². The molecule has 0 aromatic rings. The summed E-state index contributed by atoms with van der Waals surface area (Å²) < 4.78 is 0. The van der Waals surface area contributed by atoms with E-state index in [2.05, 4.69) is 6.92 Å². The molecule has 0 bridgehead atoms. The van der Waals surface area contributed by atoms with Crippen molar-refractivity contribution in [3.8, 4) is 0 Å². The molecule has 0 aliphatic rings. The van der Waals surface area contributed by atoms with Gasteiger partial charge in [-0.15, -0.1) is 11.6 Å². The first-order valence-electron chi connectivity index (χ1n) is 3.95. The van der Waals surface area contributed by atoms with Gasteiger partial charge in [0.1, 0.15) is 0 Å². The highest BCUT2D eigenvalue weighted by atomic mass is 35.5. The van der Waals surface area contributed by atoms with Gasteiger partial charge in [-0.3, -0.25) is 4.79 Å². The number of carbonyl (C=O) groups excluding carboxylic acids is 1. The van der Waals surface area contributed by atoms with Gasteiger partial charge in [0.2, 0.25) is 5.91 Å². The van der Waals surface area contributed by atoms with Crippen LogP contribution in [-0.4, -0.2) is 29.8 Å². The minimum absolute atomic E-state index is 0.134. The summed E-state index contributed by atoms with van der Waals surface area (Å²) in [6, 6.07) is 0.325. The molecule has 0 radical (unpaired) electrons. The van der Waals surface area contributed by atoms with Gasteiger partial charge in [-0.25, -0.2) is 0 Å². The van der Waals surface area contributed by atoms with Crippen LogP contribution in [0.15, 0.2) is 0 Å². The molecule has 0 fully saturated rings. The monoisotopic (exact) mass is 177 g/mol. The normalized spacial score (nSPS) is 12.7. The fourth-order valence-corrected chi connectivity index (χ4v) is 0.939. The summed E-state index contributed by atoms with van der Waals surface area (Å²) in [6.07, 6.45) is 1.44. The lowest BCUT2D eigenvalue weighted by Gasteiger charge is -2.23. The molecule has 0 heterocycles. The molecule has 2 nitrogen and oxygen atoms in total. The number of carbonyl (C=O) groups is 1. The Bertz CT molecular complexity index is 127. The van der Waals surface area contributed by atoms with Gasteiger partial charge in [-0.2, -0.15) is 0 Å². The van der Waals surface area contributed by atoms with Gasteiger partial charge in [0.05, 0.1) is 0 Å². The first-order chi connectivity index (χ1) is 5.13. The number of hydrogen-bond donors (Lipinski definition) is 0. The van der Waals surface area contributed by atoms with E-state index in [1.165, 1.54) is 0 Å². The predicted molar refractivity (Wildman–Crippen MR) is 47.9 cm³/mol. The van der Waals surface area contributed by atoms with Crippen molar-refractivity contribution in [2.24, 2.45) is 0 Å². The van der Waals surface area contributed by atoms with Crippen LogP contribution < -0.4 is 0 Å². The Labute approximate surface area is 73.5 Å². The maximum atomic E-state index is 11.2. The van der Waals surface area contributed by atoms with Crippen molar-refractivity contribution in [2.45, 2.75) is 32.7 Å². The number of alkyl halides is 1. The maximum absolute atomic E-state index is 11.2. The molecule has 0 aliphatic heterocycles. The van der Waals surface area contributed by atoms with Crippen LogP contribution in [0.2, 0.25) is 0 Å². The van der Waals surface area contributed by atoms with Crippen molar-refractivity contribution >= 4 is 17.5 Å². The third kappa shape index (κ3) is 3.61. The fraction of sp³-hybridized carbons (Fsp3) is 0.875. The second-order valence-corrected chi connectivity index (χ2v) is 3.08. The van der Waals surface area contributed by atoms with Crippen LogP contribution in [0.3, 0.4) is 0 Å². The van der Waals surface area contributed by atoms with Gasteiger partial charge in [0, 0.05) is 25.4 Å². The molecule has 0 aromatic carbocycles. The van der Waals surface area contributed by atoms with Crippen LogP contribution in [0.4, 0.5) is 0 Å². The van der Waals surface area contributed by atoms with E-state index in [-0.39, 0.29) is 5.91 Å². The first-order valence-corrected chi connectivity index (χ1v) is 4.48. The zero-order valence-corrected chi connectivity index (χ0v) is 8.19. The SMILES string of the molecule is CCC(C)N(C)C(=O)CCCl. The van der Waals surface area contributed by atoms with E-state index in [1.54, 1.807) is 4.90 Å². The van der Waals surface area contributed by atoms with E-state index in [0.29, 0.717) is 18.3 Å². The molecule has 66 valence electrons. The molecule has 0 saturated carbocycles. The molecular formula is C8H16ClNO. The lowest BCUT2D eigenvalue weighted by atomic mass is 10.2. The Balaban J connectivity index is 3.80. The summed E-state index contributed by atoms with van der Waals surface area (Å²) in [5.41, 5.74) is 0. The molecule has 1 atom stereocenters. The van der Waals surface area contributed by atoms with Crippen molar-refractivity contribution in [3.63, 3.8) is 0 Å². The summed E-state index contributed by atoms with van der Waals surface area (Å²) in [7, 11) is 1.82. The Morgan fingerprint density at radius 1 is 1.64 bits per heavy atom. The molecule has 3 heteroatoms. The lowest BCUT2D eigenvalue weighted by molar-refractivity contribution is -0.131. The molecule has 0 spiro atoms. The number of rotatable bonds is 4. The van der Waals surface area contributed by atoms with Crippen LogP contribution in [0.25, 0.3) is 0 Å². The van der Waals surface area contributed by atoms with E-state index in [4.69, 9.17) is 11.6 Å². The number of nitrogens with zero attached hydrogens (tertiary/aromatic N) is 1. The van der Waals surface area contributed by atoms with Gasteiger partial charge in [0.15, 0.2) is 0 Å². The second-order valence-electron chi connectivity index (χ2n) is 2.70. The number of hydrogen-bond acceptors (Lipinski definition) is 1. The van der Waals surface area contributed by atoms with Crippen molar-refractivity contribution in [3.05, 3.63) is 0 Å². The third-order valence-corrected chi connectivity index (χ3v) is 2.14. The Kier molecular flexibility index (Phi) is 5.30. The maximum Gasteiger partial charge on any atom is 0.223 e. The van der Waals surface area contributed by atoms with Gasteiger partial charge >= 0.3 is 0 Å². The fourth-order valence-electron chi connectivity index (χ4n) is 0.777. The van der Waals surface area contributed by atoms with Crippen molar-refractivity contribution < 1.29 is 4.79 Å². The highest BCUT2D eigenvalue weighted by molar-refractivity contribution is 6.18. The Hall–Kier alpha value is -0.240. The predicted octanol–water partition coefficient (Wildman–Crippen LogP) is 1.87. The Morgan fingerprint density at radius 3 is 2.55 bits per heavy atom. The van der Waals surface area contributed by atoms with E-state index < -0.39 is 0 Å². The quantitative estimate of drug-likeness (QED) is 0.601. The van der Waals surface area contributed by atoms with E-state index in [9.17, 15) is 4.79 Å². The van der Waals surface area contributed by atoms with E-state index >= 15 is 0 Å². The standard InChI is InChI=1S/C8H16ClNO/c1-4-7(2)10(3)8(11)5-6-9/h7H,4-6H2,1-3H3. The van der Waals surface area contributed by atoms with Crippen LogP contribution in [0.5, 0.6) is 0 Å². The van der Waals surface area contributed by atoms with Crippen molar-refractivity contribution in [2.75, 3.05) is 12.9 Å². The highest BCUT2D eigenvalue weighted by Gasteiger charge is 2.12. The van der Waals surface area contributed by atoms with Crippen LogP contribution in [0.1, 0.15) is 26.7 Å². The van der Waals surface area contributed by atoms with Crippen molar-refractivity contribution in [1.82, 2.24) is 4.90 Å². The van der Waals surface area contributed by atoms with Crippen LogP contribution in [0, 0.1) is 0 Å². The zero-order valence-electron chi connectivity index (χ0n) is 7.43. The van der Waals surface area contributed by atoms with E-state index in [0.717, 1.165) is 6.42 Å². The minimum atomic E-state index is 0.134. The zero-order chi connectivity index (χ0) is 8.85. The molecule has 0 N–H and O–H groups in total. The Morgan fingerprint density at radius 2 is 2.18 bits per heavy atom. The molecule has 1 unspecified atom stereocenters. The minimum Gasteiger partial charge on any atom is -0.343 e. The summed E-state index contributed by atoms with van der Waals surface area (Å²) in [4.78, 5) is 12.9. The summed E-state index contributed by atoms with van der Waals surface area (Å²) >= 11 is 5.44. The largest absolute Gasteiger partial charge is 0.343 e. The average Bonchev–Trinajstić information content (AvgIpc) is 2.02. The average molecular weight is 178 g/mol. The topological polar surface area (TPSA) is 20.3 Å². The molecule has 1 amide bonds. The van der Waals surface area contributed by atoms with Crippen LogP contribution in [-0.2, 0) is 4.79 Å². The van der Waals surface area contributed by atoms with Gasteiger partial charge in [-0.05, 0) is 13.3 Å². The lowest BCUT2D eigenvalue weighted by Crippen LogP contribution is -2.34. The molecule has 0 rings (SSSR count). The van der Waals surface area contributed by atoms with Crippen molar-refractivity contribution in [1.29, 1.82) is 0 Å². The summed E-state index contributed by atoms with van der Waals surface area (Å²) in [5.74, 6) is 0.550. The molecular weight excluding hydrogens is 162 g/mol. The molecule has 11 heavy (non-hydrogen) atoms. The molecule has 0 saturated heterocycles. The molecule has 0 aliphatic carbocycles.